The summed E-state index contributed by atoms with van der Waals surface area (Å²) in [6.07, 6.45) is 0.594. The van der Waals surface area contributed by atoms with Crippen molar-refractivity contribution in [3.63, 3.8) is 0 Å². The number of amides is 1. The van der Waals surface area contributed by atoms with Gasteiger partial charge in [-0.25, -0.2) is 0 Å². The number of nitrogens with two attached hydrogens (primary N) is 1. The molecule has 1 aliphatic heterocycles. The monoisotopic (exact) mass is 233 g/mol. The standard InChI is InChI=1S/C13H19N3O/c14-9-11-2-1-3-12(8-11)10-16-6-4-13(17)15-5-7-16/h1-3,8H,4-7,9-10,14H2,(H,15,17). The van der Waals surface area contributed by atoms with Crippen LogP contribution in [0.3, 0.4) is 0 Å². The van der Waals surface area contributed by atoms with Crippen molar-refractivity contribution in [3.8, 4) is 0 Å². The molecule has 0 saturated carbocycles. The van der Waals surface area contributed by atoms with Gasteiger partial charge in [0.15, 0.2) is 0 Å². The van der Waals surface area contributed by atoms with Gasteiger partial charge in [0.1, 0.15) is 0 Å². The highest BCUT2D eigenvalue weighted by Crippen LogP contribution is 2.09. The fourth-order valence-electron chi connectivity index (χ4n) is 2.08. The van der Waals surface area contributed by atoms with Crippen molar-refractivity contribution in [3.05, 3.63) is 35.4 Å². The SMILES string of the molecule is NCc1cccc(CN2CCNC(=O)CC2)c1. The lowest BCUT2D eigenvalue weighted by Gasteiger charge is -2.19. The fraction of sp³-hybridized carbons (Fsp3) is 0.462. The minimum atomic E-state index is 0.156. The third-order valence-corrected chi connectivity index (χ3v) is 3.04. The number of benzene rings is 1. The van der Waals surface area contributed by atoms with Crippen molar-refractivity contribution >= 4 is 5.91 Å². The zero-order valence-corrected chi connectivity index (χ0v) is 9.98. The zero-order valence-electron chi connectivity index (χ0n) is 9.98. The van der Waals surface area contributed by atoms with Crippen molar-refractivity contribution in [1.29, 1.82) is 0 Å². The van der Waals surface area contributed by atoms with Crippen LogP contribution in [-0.2, 0) is 17.9 Å². The Morgan fingerprint density at radius 2 is 2.12 bits per heavy atom. The van der Waals surface area contributed by atoms with Gasteiger partial charge < -0.3 is 11.1 Å². The van der Waals surface area contributed by atoms with Crippen LogP contribution in [0.4, 0.5) is 0 Å². The molecule has 1 aliphatic rings. The highest BCUT2D eigenvalue weighted by molar-refractivity contribution is 5.76. The molecule has 17 heavy (non-hydrogen) atoms. The lowest BCUT2D eigenvalue weighted by Crippen LogP contribution is -2.28. The number of carbonyl (C=O) groups excluding carboxylic acids is 1. The predicted octanol–water partition coefficient (Wildman–Crippen LogP) is 0.467. The summed E-state index contributed by atoms with van der Waals surface area (Å²) in [7, 11) is 0. The van der Waals surface area contributed by atoms with Crippen LogP contribution >= 0.6 is 0 Å². The Bertz CT molecular complexity index is 392. The third-order valence-electron chi connectivity index (χ3n) is 3.04. The first-order chi connectivity index (χ1) is 8.28. The van der Waals surface area contributed by atoms with E-state index in [0.29, 0.717) is 13.0 Å². The molecule has 92 valence electrons. The van der Waals surface area contributed by atoms with E-state index in [1.165, 1.54) is 5.56 Å². The molecule has 1 fully saturated rings. The van der Waals surface area contributed by atoms with Crippen LogP contribution in [0.1, 0.15) is 17.5 Å². The van der Waals surface area contributed by atoms with Gasteiger partial charge in [-0.1, -0.05) is 24.3 Å². The van der Waals surface area contributed by atoms with E-state index in [9.17, 15) is 4.79 Å². The molecular weight excluding hydrogens is 214 g/mol. The molecule has 4 heteroatoms. The smallest absolute Gasteiger partial charge is 0.221 e. The summed E-state index contributed by atoms with van der Waals surface area (Å²) in [5.41, 5.74) is 8.05. The minimum Gasteiger partial charge on any atom is -0.355 e. The molecule has 1 aromatic rings. The average molecular weight is 233 g/mol. The van der Waals surface area contributed by atoms with E-state index in [4.69, 9.17) is 5.73 Å². The lowest BCUT2D eigenvalue weighted by atomic mass is 10.1. The summed E-state index contributed by atoms with van der Waals surface area (Å²) in [6.45, 7) is 3.96. The Morgan fingerprint density at radius 1 is 1.29 bits per heavy atom. The maximum Gasteiger partial charge on any atom is 0.221 e. The van der Waals surface area contributed by atoms with Crippen LogP contribution in [-0.4, -0.2) is 30.4 Å². The summed E-state index contributed by atoms with van der Waals surface area (Å²) in [4.78, 5) is 13.5. The second-order valence-corrected chi connectivity index (χ2v) is 4.40. The maximum absolute atomic E-state index is 11.2. The lowest BCUT2D eigenvalue weighted by molar-refractivity contribution is -0.120. The van der Waals surface area contributed by atoms with Gasteiger partial charge >= 0.3 is 0 Å². The number of nitrogens with zero attached hydrogens (tertiary/aromatic N) is 1. The summed E-state index contributed by atoms with van der Waals surface area (Å²) < 4.78 is 0. The van der Waals surface area contributed by atoms with Crippen LogP contribution < -0.4 is 11.1 Å². The molecule has 0 bridgehead atoms. The van der Waals surface area contributed by atoms with Gasteiger partial charge in [-0.05, 0) is 11.1 Å². The van der Waals surface area contributed by atoms with Crippen LogP contribution in [0.15, 0.2) is 24.3 Å². The Labute approximate surface area is 102 Å². The van der Waals surface area contributed by atoms with Gasteiger partial charge in [0.05, 0.1) is 0 Å². The molecule has 1 amide bonds. The van der Waals surface area contributed by atoms with Crippen molar-refractivity contribution < 1.29 is 4.79 Å². The molecule has 0 unspecified atom stereocenters. The largest absolute Gasteiger partial charge is 0.355 e. The summed E-state index contributed by atoms with van der Waals surface area (Å²) >= 11 is 0. The summed E-state index contributed by atoms with van der Waals surface area (Å²) in [5.74, 6) is 0.156. The van der Waals surface area contributed by atoms with Gasteiger partial charge in [0.25, 0.3) is 0 Å². The fourth-order valence-corrected chi connectivity index (χ4v) is 2.08. The Hall–Kier alpha value is -1.39. The molecule has 1 saturated heterocycles. The topological polar surface area (TPSA) is 58.4 Å². The molecule has 0 spiro atoms. The molecule has 0 aliphatic carbocycles. The number of carbonyl (C=O) groups is 1. The number of rotatable bonds is 3. The third kappa shape index (κ3) is 3.54. The molecule has 0 atom stereocenters. The van der Waals surface area contributed by atoms with E-state index >= 15 is 0 Å². The maximum atomic E-state index is 11.2. The van der Waals surface area contributed by atoms with Crippen LogP contribution in [0.25, 0.3) is 0 Å². The first-order valence-electron chi connectivity index (χ1n) is 6.05. The van der Waals surface area contributed by atoms with E-state index in [0.717, 1.165) is 31.7 Å². The minimum absolute atomic E-state index is 0.156. The molecular formula is C13H19N3O. The highest BCUT2D eigenvalue weighted by Gasteiger charge is 2.13. The van der Waals surface area contributed by atoms with Gasteiger partial charge in [-0.15, -0.1) is 0 Å². The van der Waals surface area contributed by atoms with Crippen molar-refractivity contribution in [2.75, 3.05) is 19.6 Å². The van der Waals surface area contributed by atoms with Crippen LogP contribution in [0.2, 0.25) is 0 Å². The van der Waals surface area contributed by atoms with Crippen LogP contribution in [0, 0.1) is 0 Å². The van der Waals surface area contributed by atoms with Gasteiger partial charge in [-0.2, -0.15) is 0 Å². The van der Waals surface area contributed by atoms with Crippen molar-refractivity contribution in [1.82, 2.24) is 10.2 Å². The van der Waals surface area contributed by atoms with E-state index in [2.05, 4.69) is 22.3 Å². The van der Waals surface area contributed by atoms with E-state index in [1.807, 2.05) is 12.1 Å². The van der Waals surface area contributed by atoms with E-state index in [1.54, 1.807) is 0 Å². The van der Waals surface area contributed by atoms with Gasteiger partial charge in [0.2, 0.25) is 5.91 Å². The summed E-state index contributed by atoms with van der Waals surface area (Å²) in [5, 5.41) is 2.88. The molecule has 4 nitrogen and oxygen atoms in total. The first-order valence-corrected chi connectivity index (χ1v) is 6.05. The normalized spacial score (nSPS) is 17.6. The second-order valence-electron chi connectivity index (χ2n) is 4.40. The molecule has 1 aromatic carbocycles. The zero-order chi connectivity index (χ0) is 12.1. The average Bonchev–Trinajstić information content (AvgIpc) is 2.55. The Kier molecular flexibility index (Phi) is 4.12. The Balaban J connectivity index is 1.97. The number of hydrogen-bond donors (Lipinski definition) is 2. The quantitative estimate of drug-likeness (QED) is 0.798. The van der Waals surface area contributed by atoms with Crippen molar-refractivity contribution in [2.45, 2.75) is 19.5 Å². The van der Waals surface area contributed by atoms with E-state index < -0.39 is 0 Å². The number of hydrogen-bond acceptors (Lipinski definition) is 3. The van der Waals surface area contributed by atoms with E-state index in [-0.39, 0.29) is 5.91 Å². The molecule has 0 aromatic heterocycles. The molecule has 1 heterocycles. The Morgan fingerprint density at radius 3 is 2.94 bits per heavy atom. The van der Waals surface area contributed by atoms with Gasteiger partial charge in [-0.3, -0.25) is 9.69 Å². The first kappa shape index (κ1) is 12.1. The van der Waals surface area contributed by atoms with Crippen LogP contribution in [0.5, 0.6) is 0 Å². The highest BCUT2D eigenvalue weighted by atomic mass is 16.1. The molecule has 0 radical (unpaired) electrons. The predicted molar refractivity (Wildman–Crippen MR) is 67.2 cm³/mol. The molecule has 3 N–H and O–H groups in total. The van der Waals surface area contributed by atoms with Crippen molar-refractivity contribution in [2.24, 2.45) is 5.73 Å². The molecule has 2 rings (SSSR count). The van der Waals surface area contributed by atoms with Gasteiger partial charge in [0, 0.05) is 39.1 Å². The summed E-state index contributed by atoms with van der Waals surface area (Å²) in [6, 6.07) is 8.33. The second kappa shape index (κ2) is 5.80. The number of nitrogens with one attached hydrogen (secondary N) is 1.